The van der Waals surface area contributed by atoms with Gasteiger partial charge in [0.05, 0.1) is 6.61 Å². The van der Waals surface area contributed by atoms with Gasteiger partial charge in [0.25, 0.3) is 5.56 Å². The monoisotopic (exact) mass is 282 g/mol. The first-order valence-corrected chi connectivity index (χ1v) is 5.82. The molecule has 1 aromatic rings. The fourth-order valence-electron chi connectivity index (χ4n) is 2.24. The van der Waals surface area contributed by atoms with E-state index in [1.54, 1.807) is 0 Å². The highest BCUT2D eigenvalue weighted by molar-refractivity contribution is 5.20. The fraction of sp³-hybridized carbons (Fsp3) is 0.500. The van der Waals surface area contributed by atoms with E-state index in [9.17, 15) is 19.8 Å². The van der Waals surface area contributed by atoms with E-state index in [2.05, 4.69) is 0 Å². The van der Waals surface area contributed by atoms with Gasteiger partial charge in [-0.05, 0) is 6.92 Å². The summed E-state index contributed by atoms with van der Waals surface area (Å²) in [6.07, 6.45) is 1.10. The van der Waals surface area contributed by atoms with Gasteiger partial charge in [-0.15, -0.1) is 6.42 Å². The van der Waals surface area contributed by atoms with Gasteiger partial charge in [-0.1, -0.05) is 5.92 Å². The maximum Gasteiger partial charge on any atom is 0.330 e. The molecule has 1 saturated heterocycles. The van der Waals surface area contributed by atoms with E-state index in [4.69, 9.17) is 16.3 Å². The van der Waals surface area contributed by atoms with Gasteiger partial charge in [0, 0.05) is 11.8 Å². The summed E-state index contributed by atoms with van der Waals surface area (Å²) in [7, 11) is 0. The number of H-pyrrole nitrogens is 1. The molecule has 0 bridgehead atoms. The molecule has 1 fully saturated rings. The van der Waals surface area contributed by atoms with E-state index in [-0.39, 0.29) is 5.69 Å². The van der Waals surface area contributed by atoms with E-state index in [1.807, 2.05) is 10.9 Å². The average Bonchev–Trinajstić information content (AvgIpc) is 2.63. The maximum atomic E-state index is 11.9. The maximum absolute atomic E-state index is 11.9. The second kappa shape index (κ2) is 4.88. The molecule has 2 heterocycles. The highest BCUT2D eigenvalue weighted by Crippen LogP contribution is 2.37. The molecule has 8 heteroatoms. The molecular formula is C12H14N2O6. The molecule has 2 rings (SSSR count). The summed E-state index contributed by atoms with van der Waals surface area (Å²) in [5.41, 5.74) is -3.44. The molecule has 4 atom stereocenters. The molecule has 20 heavy (non-hydrogen) atoms. The van der Waals surface area contributed by atoms with Gasteiger partial charge in [-0.3, -0.25) is 14.3 Å². The molecular weight excluding hydrogens is 268 g/mol. The summed E-state index contributed by atoms with van der Waals surface area (Å²) in [4.78, 5) is 25.1. The number of aryl methyl sites for hydroxylation is 1. The fourth-order valence-corrected chi connectivity index (χ4v) is 2.24. The van der Waals surface area contributed by atoms with Crippen LogP contribution in [-0.4, -0.2) is 49.3 Å². The van der Waals surface area contributed by atoms with Crippen molar-refractivity contribution in [2.24, 2.45) is 0 Å². The molecule has 1 aliphatic rings. The number of hydrogen-bond donors (Lipinski definition) is 4. The van der Waals surface area contributed by atoms with Crippen LogP contribution in [0.15, 0.2) is 15.7 Å². The Morgan fingerprint density at radius 1 is 1.60 bits per heavy atom. The van der Waals surface area contributed by atoms with Crippen LogP contribution in [0.2, 0.25) is 0 Å². The van der Waals surface area contributed by atoms with Crippen molar-refractivity contribution in [3.05, 3.63) is 32.6 Å². The molecule has 108 valence electrons. The first-order chi connectivity index (χ1) is 9.35. The normalized spacial score (nSPS) is 33.0. The van der Waals surface area contributed by atoms with Crippen molar-refractivity contribution in [1.29, 1.82) is 0 Å². The van der Waals surface area contributed by atoms with E-state index < -0.39 is 41.9 Å². The minimum atomic E-state index is -2.19. The number of hydrogen-bond acceptors (Lipinski definition) is 6. The van der Waals surface area contributed by atoms with Crippen molar-refractivity contribution in [3.8, 4) is 12.3 Å². The van der Waals surface area contributed by atoms with Gasteiger partial charge in [0.15, 0.2) is 11.8 Å². The van der Waals surface area contributed by atoms with Crippen molar-refractivity contribution in [2.75, 3.05) is 6.61 Å². The summed E-state index contributed by atoms with van der Waals surface area (Å²) in [6, 6.07) is 1.13. The number of ether oxygens (including phenoxy) is 1. The second-order valence-electron chi connectivity index (χ2n) is 4.57. The predicted molar refractivity (Wildman–Crippen MR) is 66.8 cm³/mol. The van der Waals surface area contributed by atoms with Crippen LogP contribution in [0.4, 0.5) is 0 Å². The number of nitrogens with zero attached hydrogens (tertiary/aromatic N) is 1. The molecule has 0 amide bonds. The van der Waals surface area contributed by atoms with Gasteiger partial charge < -0.3 is 20.1 Å². The van der Waals surface area contributed by atoms with E-state index in [0.717, 1.165) is 10.6 Å². The van der Waals surface area contributed by atoms with Crippen LogP contribution in [0.1, 0.15) is 11.9 Å². The largest absolute Gasteiger partial charge is 0.394 e. The summed E-state index contributed by atoms with van der Waals surface area (Å²) in [6.45, 7) is 0.869. The summed E-state index contributed by atoms with van der Waals surface area (Å²) in [5.74, 6) is 1.99. The minimum absolute atomic E-state index is 0.197. The quantitative estimate of drug-likeness (QED) is 0.443. The summed E-state index contributed by atoms with van der Waals surface area (Å²) < 4.78 is 6.20. The lowest BCUT2D eigenvalue weighted by Crippen LogP contribution is -2.48. The molecule has 0 spiro atoms. The number of rotatable bonds is 2. The Bertz CT molecular complexity index is 672. The number of aromatic amines is 1. The number of aliphatic hydroxyl groups is 3. The lowest BCUT2D eigenvalue weighted by atomic mass is 9.95. The van der Waals surface area contributed by atoms with E-state index >= 15 is 0 Å². The third-order valence-corrected chi connectivity index (χ3v) is 3.30. The van der Waals surface area contributed by atoms with Crippen LogP contribution in [0.3, 0.4) is 0 Å². The molecule has 1 unspecified atom stereocenters. The lowest BCUT2D eigenvalue weighted by molar-refractivity contribution is -0.0774. The van der Waals surface area contributed by atoms with Crippen LogP contribution in [0, 0.1) is 19.3 Å². The van der Waals surface area contributed by atoms with Gasteiger partial charge in [-0.25, -0.2) is 4.79 Å². The average molecular weight is 282 g/mol. The zero-order chi connectivity index (χ0) is 15.1. The SMILES string of the molecule is C#C[C@@]1(O)C(O)[C@@H](CO)O[C@H]1n1c(C)cc(=O)[nH]c1=O. The number of aliphatic hydroxyl groups excluding tert-OH is 2. The topological polar surface area (TPSA) is 125 Å². The second-order valence-corrected chi connectivity index (χ2v) is 4.57. The molecule has 8 nitrogen and oxygen atoms in total. The summed E-state index contributed by atoms with van der Waals surface area (Å²) in [5, 5.41) is 29.3. The summed E-state index contributed by atoms with van der Waals surface area (Å²) >= 11 is 0. The molecule has 4 N–H and O–H groups in total. The van der Waals surface area contributed by atoms with Crippen molar-refractivity contribution in [2.45, 2.75) is 31.0 Å². The standard InChI is InChI=1S/C12H14N2O6/c1-3-12(19)9(17)7(5-15)20-10(12)14-6(2)4-8(16)13-11(14)18/h1,4,7,9-10,15,17,19H,5H2,2H3,(H,13,16,18)/t7-,9?,10-,12-/m1/s1. The third kappa shape index (κ3) is 1.97. The zero-order valence-corrected chi connectivity index (χ0v) is 10.6. The van der Waals surface area contributed by atoms with Crippen molar-refractivity contribution in [1.82, 2.24) is 9.55 Å². The molecule has 1 aliphatic heterocycles. The van der Waals surface area contributed by atoms with Crippen LogP contribution in [0.5, 0.6) is 0 Å². The van der Waals surface area contributed by atoms with Gasteiger partial charge in [-0.2, -0.15) is 0 Å². The molecule has 0 saturated carbocycles. The predicted octanol–water partition coefficient (Wildman–Crippen LogP) is -2.54. The molecule has 0 radical (unpaired) electrons. The van der Waals surface area contributed by atoms with Crippen LogP contribution in [-0.2, 0) is 4.74 Å². The number of aromatic nitrogens is 2. The zero-order valence-electron chi connectivity index (χ0n) is 10.6. The van der Waals surface area contributed by atoms with Crippen LogP contribution in [0.25, 0.3) is 0 Å². The number of terminal acetylenes is 1. The van der Waals surface area contributed by atoms with Crippen molar-refractivity contribution < 1.29 is 20.1 Å². The van der Waals surface area contributed by atoms with Gasteiger partial charge >= 0.3 is 5.69 Å². The van der Waals surface area contributed by atoms with Gasteiger partial charge in [0.1, 0.15) is 12.2 Å². The lowest BCUT2D eigenvalue weighted by Gasteiger charge is -2.27. The smallest absolute Gasteiger partial charge is 0.330 e. The Morgan fingerprint density at radius 3 is 2.75 bits per heavy atom. The molecule has 1 aromatic heterocycles. The highest BCUT2D eigenvalue weighted by atomic mass is 16.6. The minimum Gasteiger partial charge on any atom is -0.394 e. The first kappa shape index (κ1) is 14.5. The van der Waals surface area contributed by atoms with Crippen molar-refractivity contribution in [3.63, 3.8) is 0 Å². The van der Waals surface area contributed by atoms with E-state index in [0.29, 0.717) is 0 Å². The Hall–Kier alpha value is -1.92. The molecule has 0 aromatic carbocycles. The van der Waals surface area contributed by atoms with Crippen molar-refractivity contribution >= 4 is 0 Å². The highest BCUT2D eigenvalue weighted by Gasteiger charge is 2.55. The third-order valence-electron chi connectivity index (χ3n) is 3.30. The molecule has 0 aliphatic carbocycles. The first-order valence-electron chi connectivity index (χ1n) is 5.82. The Labute approximate surface area is 113 Å². The van der Waals surface area contributed by atoms with Crippen LogP contribution >= 0.6 is 0 Å². The number of nitrogens with one attached hydrogen (secondary N) is 1. The van der Waals surface area contributed by atoms with Crippen LogP contribution < -0.4 is 11.2 Å². The Balaban J connectivity index is 2.61. The Morgan fingerprint density at radius 2 is 2.25 bits per heavy atom. The van der Waals surface area contributed by atoms with E-state index in [1.165, 1.54) is 6.92 Å². The van der Waals surface area contributed by atoms with Gasteiger partial charge in [0.2, 0.25) is 0 Å². The Kier molecular flexibility index (Phi) is 3.54.